The van der Waals surface area contributed by atoms with Gasteiger partial charge in [-0.25, -0.2) is 4.98 Å². The van der Waals surface area contributed by atoms with E-state index >= 15 is 0 Å². The largest absolute Gasteiger partial charge is 0.354 e. The first-order valence-corrected chi connectivity index (χ1v) is 10.5. The average molecular weight is 403 g/mol. The Bertz CT molecular complexity index is 674. The van der Waals surface area contributed by atoms with Crippen molar-refractivity contribution >= 4 is 17.6 Å². The molecule has 0 aromatic carbocycles. The minimum Gasteiger partial charge on any atom is -0.354 e. The molecule has 0 spiro atoms. The van der Waals surface area contributed by atoms with Gasteiger partial charge < -0.3 is 15.1 Å². The molecule has 0 atom stereocenters. The second-order valence-electron chi connectivity index (χ2n) is 8.91. The molecule has 3 rings (SSSR count). The Morgan fingerprint density at radius 3 is 2.14 bits per heavy atom. The fourth-order valence-corrected chi connectivity index (χ4v) is 3.78. The second-order valence-corrected chi connectivity index (χ2v) is 8.91. The Kier molecular flexibility index (Phi) is 7.08. The second kappa shape index (κ2) is 9.54. The van der Waals surface area contributed by atoms with E-state index < -0.39 is 0 Å². The van der Waals surface area contributed by atoms with E-state index in [1.807, 2.05) is 50.1 Å². The van der Waals surface area contributed by atoms with Gasteiger partial charge in [-0.1, -0.05) is 6.07 Å². The van der Waals surface area contributed by atoms with Gasteiger partial charge in [-0.15, -0.1) is 0 Å². The molecule has 3 heterocycles. The monoisotopic (exact) mass is 402 g/mol. The van der Waals surface area contributed by atoms with Crippen LogP contribution in [0.3, 0.4) is 0 Å². The molecule has 160 valence electrons. The summed E-state index contributed by atoms with van der Waals surface area (Å²) in [5.41, 5.74) is -0.213. The number of nitrogens with one attached hydrogen (secondary N) is 1. The minimum absolute atomic E-state index is 0.0445. The van der Waals surface area contributed by atoms with E-state index in [-0.39, 0.29) is 17.4 Å². The van der Waals surface area contributed by atoms with Crippen LogP contribution >= 0.6 is 0 Å². The van der Waals surface area contributed by atoms with Crippen molar-refractivity contribution in [3.05, 3.63) is 24.4 Å². The van der Waals surface area contributed by atoms with Crippen LogP contribution in [0.15, 0.2) is 24.4 Å². The molecule has 0 radical (unpaired) electrons. The molecule has 0 bridgehead atoms. The van der Waals surface area contributed by atoms with Crippen LogP contribution in [0.25, 0.3) is 0 Å². The number of rotatable bonds is 5. The maximum atomic E-state index is 12.7. The van der Waals surface area contributed by atoms with Gasteiger partial charge in [0.05, 0.1) is 13.1 Å². The van der Waals surface area contributed by atoms with Crippen LogP contribution in [0.2, 0.25) is 0 Å². The summed E-state index contributed by atoms with van der Waals surface area (Å²) in [4.78, 5) is 37.7. The first kappa shape index (κ1) is 21.5. The summed E-state index contributed by atoms with van der Waals surface area (Å²) in [6, 6.07) is 5.96. The van der Waals surface area contributed by atoms with Crippen molar-refractivity contribution in [3.8, 4) is 0 Å². The highest BCUT2D eigenvalue weighted by Gasteiger charge is 2.26. The Morgan fingerprint density at radius 1 is 0.931 bits per heavy atom. The third kappa shape index (κ3) is 6.68. The van der Waals surface area contributed by atoms with Crippen LogP contribution in [0.1, 0.15) is 20.8 Å². The molecule has 1 N–H and O–H groups in total. The van der Waals surface area contributed by atoms with E-state index in [1.54, 1.807) is 0 Å². The molecule has 1 aromatic rings. The molecular formula is C21H34N6O2. The van der Waals surface area contributed by atoms with Gasteiger partial charge in [-0.3, -0.25) is 19.4 Å². The highest BCUT2D eigenvalue weighted by Crippen LogP contribution is 2.13. The van der Waals surface area contributed by atoms with E-state index in [4.69, 9.17) is 0 Å². The predicted octanol–water partition coefficient (Wildman–Crippen LogP) is 0.263. The topological polar surface area (TPSA) is 72.0 Å². The third-order valence-corrected chi connectivity index (χ3v) is 5.31. The number of hydrogen-bond donors (Lipinski definition) is 1. The van der Waals surface area contributed by atoms with Crippen LogP contribution < -0.4 is 10.2 Å². The summed E-state index contributed by atoms with van der Waals surface area (Å²) in [5, 5.41) is 2.99. The van der Waals surface area contributed by atoms with Crippen molar-refractivity contribution in [1.29, 1.82) is 0 Å². The van der Waals surface area contributed by atoms with Crippen molar-refractivity contribution in [2.75, 3.05) is 70.3 Å². The molecule has 1 aromatic heterocycles. The summed E-state index contributed by atoms with van der Waals surface area (Å²) in [7, 11) is 0. The number of amides is 2. The zero-order valence-corrected chi connectivity index (χ0v) is 17.9. The van der Waals surface area contributed by atoms with Crippen molar-refractivity contribution in [1.82, 2.24) is 25.0 Å². The van der Waals surface area contributed by atoms with Gasteiger partial charge in [0, 0.05) is 64.1 Å². The molecule has 29 heavy (non-hydrogen) atoms. The molecule has 2 aliphatic heterocycles. The lowest BCUT2D eigenvalue weighted by Gasteiger charge is -2.38. The summed E-state index contributed by atoms with van der Waals surface area (Å²) >= 11 is 0. The quantitative estimate of drug-likeness (QED) is 0.762. The summed E-state index contributed by atoms with van der Waals surface area (Å²) < 4.78 is 0. The van der Waals surface area contributed by atoms with E-state index in [2.05, 4.69) is 25.0 Å². The van der Waals surface area contributed by atoms with Crippen molar-refractivity contribution < 1.29 is 9.59 Å². The van der Waals surface area contributed by atoms with Gasteiger partial charge in [0.25, 0.3) is 0 Å². The van der Waals surface area contributed by atoms with E-state index in [0.29, 0.717) is 26.2 Å². The van der Waals surface area contributed by atoms with Gasteiger partial charge in [0.2, 0.25) is 11.8 Å². The Labute approximate surface area is 173 Å². The normalized spacial score (nSPS) is 19.3. The number of carbonyl (C=O) groups excluding carboxylic acids is 2. The summed E-state index contributed by atoms with van der Waals surface area (Å²) in [6.07, 6.45) is 1.82. The maximum Gasteiger partial charge on any atom is 0.236 e. The van der Waals surface area contributed by atoms with Gasteiger partial charge in [0.15, 0.2) is 0 Å². The SMILES string of the molecule is CC(C)(C)NC(=O)CN1CCN(C(=O)CN2CCN(c3ccccn3)CC2)CC1. The molecule has 8 heteroatoms. The van der Waals surface area contributed by atoms with Crippen LogP contribution in [-0.4, -0.2) is 102 Å². The van der Waals surface area contributed by atoms with Crippen molar-refractivity contribution in [3.63, 3.8) is 0 Å². The lowest BCUT2D eigenvalue weighted by atomic mass is 10.1. The Hall–Kier alpha value is -2.19. The fourth-order valence-electron chi connectivity index (χ4n) is 3.78. The highest BCUT2D eigenvalue weighted by atomic mass is 16.2. The van der Waals surface area contributed by atoms with Crippen LogP contribution in [-0.2, 0) is 9.59 Å². The first-order valence-electron chi connectivity index (χ1n) is 10.5. The van der Waals surface area contributed by atoms with Crippen molar-refractivity contribution in [2.45, 2.75) is 26.3 Å². The zero-order chi connectivity index (χ0) is 20.9. The average Bonchev–Trinajstić information content (AvgIpc) is 2.68. The molecule has 2 amide bonds. The maximum absolute atomic E-state index is 12.7. The van der Waals surface area contributed by atoms with E-state index in [1.165, 1.54) is 0 Å². The summed E-state index contributed by atoms with van der Waals surface area (Å²) in [5.74, 6) is 1.24. The molecule has 8 nitrogen and oxygen atoms in total. The minimum atomic E-state index is -0.213. The van der Waals surface area contributed by atoms with Crippen LogP contribution in [0.5, 0.6) is 0 Å². The molecule has 0 aliphatic carbocycles. The number of pyridine rings is 1. The standard InChI is InChI=1S/C21H34N6O2/c1-21(2,3)23-19(28)16-24-10-14-27(15-11-24)20(29)17-25-8-12-26(13-9-25)18-6-4-5-7-22-18/h4-7H,8-17H2,1-3H3,(H,23,28). The molecule has 2 fully saturated rings. The van der Waals surface area contributed by atoms with Gasteiger partial charge in [0.1, 0.15) is 5.82 Å². The number of anilines is 1. The number of carbonyl (C=O) groups is 2. The highest BCUT2D eigenvalue weighted by molar-refractivity contribution is 5.79. The zero-order valence-electron chi connectivity index (χ0n) is 17.9. The lowest BCUT2D eigenvalue weighted by molar-refractivity contribution is -0.134. The van der Waals surface area contributed by atoms with E-state index in [0.717, 1.165) is 45.1 Å². The number of aromatic nitrogens is 1. The number of hydrogen-bond acceptors (Lipinski definition) is 6. The number of piperazine rings is 2. The van der Waals surface area contributed by atoms with Crippen LogP contribution in [0.4, 0.5) is 5.82 Å². The Morgan fingerprint density at radius 2 is 1.55 bits per heavy atom. The first-order chi connectivity index (χ1) is 13.8. The summed E-state index contributed by atoms with van der Waals surface area (Å²) in [6.45, 7) is 13.2. The third-order valence-electron chi connectivity index (χ3n) is 5.31. The predicted molar refractivity (Wildman–Crippen MR) is 114 cm³/mol. The van der Waals surface area contributed by atoms with Crippen molar-refractivity contribution in [2.24, 2.45) is 0 Å². The molecule has 2 aliphatic rings. The van der Waals surface area contributed by atoms with Crippen LogP contribution in [0, 0.1) is 0 Å². The molecule has 2 saturated heterocycles. The van der Waals surface area contributed by atoms with Gasteiger partial charge in [-0.05, 0) is 32.9 Å². The molecular weight excluding hydrogens is 368 g/mol. The smallest absolute Gasteiger partial charge is 0.236 e. The van der Waals surface area contributed by atoms with Gasteiger partial charge in [-0.2, -0.15) is 0 Å². The number of nitrogens with zero attached hydrogens (tertiary/aromatic N) is 5. The lowest BCUT2D eigenvalue weighted by Crippen LogP contribution is -2.55. The van der Waals surface area contributed by atoms with Gasteiger partial charge >= 0.3 is 0 Å². The Balaban J connectivity index is 1.37. The molecule has 0 unspecified atom stereocenters. The molecule has 0 saturated carbocycles. The fraction of sp³-hybridized carbons (Fsp3) is 0.667. The van der Waals surface area contributed by atoms with E-state index in [9.17, 15) is 9.59 Å².